The summed E-state index contributed by atoms with van der Waals surface area (Å²) >= 11 is 0. The molecule has 0 aromatic carbocycles. The molecule has 0 amide bonds. The quantitative estimate of drug-likeness (QED) is 0.576. The lowest BCUT2D eigenvalue weighted by molar-refractivity contribution is 0.0946. The third-order valence-electron chi connectivity index (χ3n) is 2.67. The van der Waals surface area contributed by atoms with Crippen LogP contribution in [0.15, 0.2) is 35.0 Å². The van der Waals surface area contributed by atoms with Crippen molar-refractivity contribution >= 4 is 5.78 Å². The van der Waals surface area contributed by atoms with E-state index >= 15 is 0 Å². The predicted octanol–water partition coefficient (Wildman–Crippen LogP) is 3.50. The van der Waals surface area contributed by atoms with Crippen LogP contribution in [0.1, 0.15) is 43.3 Å². The summed E-state index contributed by atoms with van der Waals surface area (Å²) in [6.45, 7) is 2.11. The molecule has 0 spiro atoms. The van der Waals surface area contributed by atoms with E-state index < -0.39 is 0 Å². The Morgan fingerprint density at radius 3 is 2.89 bits per heavy atom. The van der Waals surface area contributed by atoms with Gasteiger partial charge in [-0.2, -0.15) is 0 Å². The molecule has 0 aliphatic heterocycles. The Kier molecular flexibility index (Phi) is 4.23. The zero-order chi connectivity index (χ0) is 12.8. The van der Waals surface area contributed by atoms with Crippen LogP contribution in [0.2, 0.25) is 0 Å². The largest absolute Gasteiger partial charge is 0.432 e. The molecule has 4 heteroatoms. The highest BCUT2D eigenvalue weighted by molar-refractivity contribution is 5.91. The molecule has 2 heterocycles. The van der Waals surface area contributed by atoms with Crippen LogP contribution in [0, 0.1) is 0 Å². The summed E-state index contributed by atoms with van der Waals surface area (Å²) < 4.78 is 5.44. The van der Waals surface area contributed by atoms with Gasteiger partial charge in [0, 0.05) is 12.6 Å². The van der Waals surface area contributed by atoms with Gasteiger partial charge in [-0.15, -0.1) is 0 Å². The number of ketones is 1. The van der Waals surface area contributed by atoms with Gasteiger partial charge in [-0.25, -0.2) is 4.98 Å². The van der Waals surface area contributed by atoms with E-state index in [-0.39, 0.29) is 11.7 Å². The van der Waals surface area contributed by atoms with Crippen molar-refractivity contribution in [2.45, 2.75) is 32.6 Å². The monoisotopic (exact) mass is 244 g/mol. The number of rotatable bonds is 6. The standard InChI is InChI=1S/C14H16N2O2/c1-2-3-4-8-12(17)14-16-10-13(18-14)11-7-5-6-9-15-11/h5-7,9-10H,2-4,8H2,1H3. The number of aromatic nitrogens is 2. The maximum absolute atomic E-state index is 11.8. The molecule has 4 nitrogen and oxygen atoms in total. The van der Waals surface area contributed by atoms with Crippen LogP contribution in [0.3, 0.4) is 0 Å². The molecule has 0 fully saturated rings. The zero-order valence-corrected chi connectivity index (χ0v) is 10.4. The Morgan fingerprint density at radius 2 is 2.17 bits per heavy atom. The third kappa shape index (κ3) is 3.03. The topological polar surface area (TPSA) is 56.0 Å². The summed E-state index contributed by atoms with van der Waals surface area (Å²) in [5.41, 5.74) is 0.692. The number of hydrogen-bond donors (Lipinski definition) is 0. The Hall–Kier alpha value is -1.97. The molecule has 0 aliphatic rings. The number of Topliss-reactive ketones (excluding diaryl/α,β-unsaturated/α-hetero) is 1. The summed E-state index contributed by atoms with van der Waals surface area (Å²) in [5, 5.41) is 0. The minimum Gasteiger partial charge on any atom is -0.432 e. The van der Waals surface area contributed by atoms with Gasteiger partial charge in [-0.05, 0) is 18.6 Å². The molecule has 94 valence electrons. The average Bonchev–Trinajstić information content (AvgIpc) is 2.89. The molecule has 0 atom stereocenters. The highest BCUT2D eigenvalue weighted by Gasteiger charge is 2.13. The minimum atomic E-state index is -0.0365. The summed E-state index contributed by atoms with van der Waals surface area (Å²) in [5.74, 6) is 0.687. The van der Waals surface area contributed by atoms with Crippen molar-refractivity contribution in [3.05, 3.63) is 36.5 Å². The first kappa shape index (κ1) is 12.5. The Bertz CT molecular complexity index is 506. The van der Waals surface area contributed by atoms with Gasteiger partial charge in [0.25, 0.3) is 5.89 Å². The first-order valence-corrected chi connectivity index (χ1v) is 6.21. The van der Waals surface area contributed by atoms with E-state index in [1.807, 2.05) is 18.2 Å². The van der Waals surface area contributed by atoms with Gasteiger partial charge >= 0.3 is 0 Å². The number of carbonyl (C=O) groups excluding carboxylic acids is 1. The van der Waals surface area contributed by atoms with E-state index in [2.05, 4.69) is 16.9 Å². The van der Waals surface area contributed by atoms with Crippen molar-refractivity contribution in [3.63, 3.8) is 0 Å². The molecule has 2 rings (SSSR count). The maximum Gasteiger partial charge on any atom is 0.263 e. The second kappa shape index (κ2) is 6.10. The smallest absolute Gasteiger partial charge is 0.263 e. The molecule has 0 radical (unpaired) electrons. The summed E-state index contributed by atoms with van der Waals surface area (Å²) in [7, 11) is 0. The van der Waals surface area contributed by atoms with Gasteiger partial charge in [0.2, 0.25) is 5.78 Å². The second-order valence-electron chi connectivity index (χ2n) is 4.12. The van der Waals surface area contributed by atoms with Gasteiger partial charge in [-0.3, -0.25) is 9.78 Å². The Morgan fingerprint density at radius 1 is 1.28 bits per heavy atom. The van der Waals surface area contributed by atoms with Crippen molar-refractivity contribution < 1.29 is 9.21 Å². The molecule has 2 aromatic rings. The van der Waals surface area contributed by atoms with Crippen LogP contribution in [-0.4, -0.2) is 15.8 Å². The fraction of sp³-hybridized carbons (Fsp3) is 0.357. The van der Waals surface area contributed by atoms with Crippen LogP contribution in [0.5, 0.6) is 0 Å². The van der Waals surface area contributed by atoms with Gasteiger partial charge in [0.05, 0.1) is 6.20 Å². The average molecular weight is 244 g/mol. The summed E-state index contributed by atoms with van der Waals surface area (Å²) in [6.07, 6.45) is 6.76. The van der Waals surface area contributed by atoms with Crippen molar-refractivity contribution in [3.8, 4) is 11.5 Å². The number of hydrogen-bond acceptors (Lipinski definition) is 4. The first-order valence-electron chi connectivity index (χ1n) is 6.21. The van der Waals surface area contributed by atoms with Crippen molar-refractivity contribution in [1.29, 1.82) is 0 Å². The highest BCUT2D eigenvalue weighted by atomic mass is 16.4. The molecule has 0 aliphatic carbocycles. The van der Waals surface area contributed by atoms with Crippen LogP contribution >= 0.6 is 0 Å². The number of oxazole rings is 1. The molecule has 0 saturated heterocycles. The van der Waals surface area contributed by atoms with Gasteiger partial charge in [0.1, 0.15) is 5.69 Å². The lowest BCUT2D eigenvalue weighted by Crippen LogP contribution is -1.98. The van der Waals surface area contributed by atoms with E-state index in [1.54, 1.807) is 12.4 Å². The summed E-state index contributed by atoms with van der Waals surface area (Å²) in [6, 6.07) is 5.52. The Balaban J connectivity index is 2.04. The SMILES string of the molecule is CCCCCC(=O)c1ncc(-c2ccccn2)o1. The van der Waals surface area contributed by atoms with E-state index in [4.69, 9.17) is 4.42 Å². The van der Waals surface area contributed by atoms with Crippen LogP contribution in [0.25, 0.3) is 11.5 Å². The fourth-order valence-electron chi connectivity index (χ4n) is 1.67. The fourth-order valence-corrected chi connectivity index (χ4v) is 1.67. The van der Waals surface area contributed by atoms with Crippen molar-refractivity contribution in [2.24, 2.45) is 0 Å². The second-order valence-corrected chi connectivity index (χ2v) is 4.12. The Labute approximate surface area is 106 Å². The molecule has 0 bridgehead atoms. The molecule has 0 saturated carbocycles. The van der Waals surface area contributed by atoms with Crippen LogP contribution < -0.4 is 0 Å². The van der Waals surface area contributed by atoms with E-state index in [1.165, 1.54) is 0 Å². The van der Waals surface area contributed by atoms with Crippen molar-refractivity contribution in [1.82, 2.24) is 9.97 Å². The molecule has 0 unspecified atom stereocenters. The predicted molar refractivity (Wildman–Crippen MR) is 68.2 cm³/mol. The number of unbranched alkanes of at least 4 members (excludes halogenated alkanes) is 2. The number of nitrogens with zero attached hydrogens (tertiary/aromatic N) is 2. The van der Waals surface area contributed by atoms with E-state index in [0.717, 1.165) is 19.3 Å². The molecular formula is C14H16N2O2. The van der Waals surface area contributed by atoms with Gasteiger partial charge < -0.3 is 4.42 Å². The van der Waals surface area contributed by atoms with E-state index in [9.17, 15) is 4.79 Å². The molecule has 18 heavy (non-hydrogen) atoms. The summed E-state index contributed by atoms with van der Waals surface area (Å²) in [4.78, 5) is 20.0. The third-order valence-corrected chi connectivity index (χ3v) is 2.67. The molecule has 0 N–H and O–H groups in total. The van der Waals surface area contributed by atoms with Crippen LogP contribution in [0.4, 0.5) is 0 Å². The number of pyridine rings is 1. The van der Waals surface area contributed by atoms with E-state index in [0.29, 0.717) is 17.9 Å². The maximum atomic E-state index is 11.8. The number of carbonyl (C=O) groups is 1. The first-order chi connectivity index (χ1) is 8.81. The van der Waals surface area contributed by atoms with Crippen LogP contribution in [-0.2, 0) is 0 Å². The molecular weight excluding hydrogens is 228 g/mol. The molecule has 2 aromatic heterocycles. The van der Waals surface area contributed by atoms with Gasteiger partial charge in [0.15, 0.2) is 5.76 Å². The zero-order valence-electron chi connectivity index (χ0n) is 10.4. The lowest BCUT2D eigenvalue weighted by atomic mass is 10.1. The lowest BCUT2D eigenvalue weighted by Gasteiger charge is -1.96. The van der Waals surface area contributed by atoms with Crippen molar-refractivity contribution in [2.75, 3.05) is 0 Å². The van der Waals surface area contributed by atoms with Gasteiger partial charge in [-0.1, -0.05) is 25.8 Å². The minimum absolute atomic E-state index is 0.0365. The highest BCUT2D eigenvalue weighted by Crippen LogP contribution is 2.18. The normalized spacial score (nSPS) is 10.5.